The molecule has 2 aromatic heterocycles. The molecule has 0 spiro atoms. The highest BCUT2D eigenvalue weighted by molar-refractivity contribution is 6.03. The topological polar surface area (TPSA) is 89.3 Å². The Morgan fingerprint density at radius 3 is 3.11 bits per heavy atom. The van der Waals surface area contributed by atoms with Crippen LogP contribution in [0.1, 0.15) is 16.8 Å². The van der Waals surface area contributed by atoms with Crippen molar-refractivity contribution in [2.45, 2.75) is 12.5 Å². The number of ether oxygens (including phenoxy) is 1. The minimum Gasteiger partial charge on any atom is -0.478 e. The van der Waals surface area contributed by atoms with Gasteiger partial charge in [-0.2, -0.15) is 5.10 Å². The van der Waals surface area contributed by atoms with Gasteiger partial charge in [0.05, 0.1) is 29.9 Å². The van der Waals surface area contributed by atoms with Gasteiger partial charge in [0.25, 0.3) is 0 Å². The third-order valence-corrected chi connectivity index (χ3v) is 3.27. The summed E-state index contributed by atoms with van der Waals surface area (Å²) in [5.41, 5.74) is 1.39. The van der Waals surface area contributed by atoms with Crippen LogP contribution in [0.15, 0.2) is 12.4 Å². The summed E-state index contributed by atoms with van der Waals surface area (Å²) in [7, 11) is 1.78. The van der Waals surface area contributed by atoms with Gasteiger partial charge in [0.2, 0.25) is 0 Å². The number of hydrogen-bond acceptors (Lipinski definition) is 5. The van der Waals surface area contributed by atoms with E-state index in [9.17, 15) is 9.90 Å². The first-order chi connectivity index (χ1) is 9.16. The van der Waals surface area contributed by atoms with Crippen molar-refractivity contribution in [1.29, 1.82) is 0 Å². The number of carboxylic acid groups (broad SMARTS) is 1. The van der Waals surface area contributed by atoms with Crippen molar-refractivity contribution in [3.05, 3.63) is 18.0 Å². The smallest absolute Gasteiger partial charge is 0.339 e. The molecule has 0 saturated carbocycles. The number of carboxylic acids is 1. The van der Waals surface area contributed by atoms with E-state index in [1.54, 1.807) is 17.9 Å². The third-order valence-electron chi connectivity index (χ3n) is 3.27. The van der Waals surface area contributed by atoms with Gasteiger partial charge in [-0.1, -0.05) is 0 Å². The fraction of sp³-hybridized carbons (Fsp3) is 0.417. The van der Waals surface area contributed by atoms with Crippen molar-refractivity contribution < 1.29 is 14.6 Å². The number of pyridine rings is 1. The Labute approximate surface area is 109 Å². The average molecular weight is 262 g/mol. The first kappa shape index (κ1) is 11.9. The van der Waals surface area contributed by atoms with E-state index in [0.29, 0.717) is 29.9 Å². The highest BCUT2D eigenvalue weighted by atomic mass is 16.5. The molecule has 7 heteroatoms. The Kier molecular flexibility index (Phi) is 2.83. The molecule has 1 atom stereocenters. The van der Waals surface area contributed by atoms with Gasteiger partial charge in [-0.25, -0.2) is 9.78 Å². The zero-order valence-corrected chi connectivity index (χ0v) is 10.5. The van der Waals surface area contributed by atoms with Crippen LogP contribution in [0.5, 0.6) is 0 Å². The zero-order chi connectivity index (χ0) is 13.4. The molecule has 2 aromatic rings. The number of carbonyl (C=O) groups is 1. The minimum atomic E-state index is -1.00. The summed E-state index contributed by atoms with van der Waals surface area (Å²) >= 11 is 0. The number of aromatic nitrogens is 3. The van der Waals surface area contributed by atoms with Crippen LogP contribution < -0.4 is 5.32 Å². The molecule has 0 radical (unpaired) electrons. The van der Waals surface area contributed by atoms with E-state index in [0.717, 1.165) is 6.42 Å². The predicted octanol–water partition coefficient (Wildman–Crippen LogP) is 0.867. The maximum Gasteiger partial charge on any atom is 0.339 e. The van der Waals surface area contributed by atoms with Crippen molar-refractivity contribution in [1.82, 2.24) is 14.8 Å². The molecule has 1 aliphatic rings. The Morgan fingerprint density at radius 2 is 2.42 bits per heavy atom. The molecule has 0 bridgehead atoms. The highest BCUT2D eigenvalue weighted by Gasteiger charge is 2.22. The van der Waals surface area contributed by atoms with E-state index in [1.165, 1.54) is 6.20 Å². The van der Waals surface area contributed by atoms with Crippen LogP contribution in [0.3, 0.4) is 0 Å². The Morgan fingerprint density at radius 1 is 1.58 bits per heavy atom. The lowest BCUT2D eigenvalue weighted by atomic mass is 10.1. The molecule has 0 aromatic carbocycles. The normalized spacial score (nSPS) is 18.9. The van der Waals surface area contributed by atoms with Crippen molar-refractivity contribution in [2.24, 2.45) is 7.05 Å². The van der Waals surface area contributed by atoms with Gasteiger partial charge in [0, 0.05) is 19.9 Å². The second-order valence-corrected chi connectivity index (χ2v) is 4.56. The van der Waals surface area contributed by atoms with Crippen molar-refractivity contribution in [3.8, 4) is 0 Å². The van der Waals surface area contributed by atoms with Crippen LogP contribution in [-0.4, -0.2) is 45.1 Å². The molecule has 2 N–H and O–H groups in total. The zero-order valence-electron chi connectivity index (χ0n) is 10.5. The second kappa shape index (κ2) is 4.51. The summed E-state index contributed by atoms with van der Waals surface area (Å²) in [6, 6.07) is 0.129. The summed E-state index contributed by atoms with van der Waals surface area (Å²) in [6.07, 6.45) is 3.86. The first-order valence-electron chi connectivity index (χ1n) is 6.05. The van der Waals surface area contributed by atoms with Gasteiger partial charge in [-0.15, -0.1) is 0 Å². The first-order valence-corrected chi connectivity index (χ1v) is 6.05. The van der Waals surface area contributed by atoms with Gasteiger partial charge < -0.3 is 15.2 Å². The summed E-state index contributed by atoms with van der Waals surface area (Å²) in [6.45, 7) is 1.28. The summed E-state index contributed by atoms with van der Waals surface area (Å²) in [5, 5.41) is 17.4. The van der Waals surface area contributed by atoms with Crippen LogP contribution in [0.2, 0.25) is 0 Å². The molecule has 1 saturated heterocycles. The molecule has 3 rings (SSSR count). The van der Waals surface area contributed by atoms with Gasteiger partial charge in [-0.05, 0) is 6.42 Å². The fourth-order valence-electron chi connectivity index (χ4n) is 2.27. The molecule has 0 amide bonds. The van der Waals surface area contributed by atoms with Gasteiger partial charge >= 0.3 is 5.97 Å². The molecule has 1 fully saturated rings. The van der Waals surface area contributed by atoms with Crippen LogP contribution in [0.25, 0.3) is 11.0 Å². The standard InChI is InChI=1S/C12H14N4O3/c1-16-11-8(5-14-16)10(9(4-13-11)12(17)18)15-7-2-3-19-6-7/h4-5,7H,2-3,6H2,1H3,(H,13,15)(H,17,18). The third kappa shape index (κ3) is 2.01. The Hall–Kier alpha value is -2.15. The molecular weight excluding hydrogens is 248 g/mol. The molecule has 7 nitrogen and oxygen atoms in total. The van der Waals surface area contributed by atoms with E-state index >= 15 is 0 Å². The van der Waals surface area contributed by atoms with Crippen LogP contribution in [-0.2, 0) is 11.8 Å². The highest BCUT2D eigenvalue weighted by Crippen LogP contribution is 2.27. The second-order valence-electron chi connectivity index (χ2n) is 4.56. The van der Waals surface area contributed by atoms with E-state index in [4.69, 9.17) is 4.74 Å². The Balaban J connectivity index is 2.10. The number of hydrogen-bond donors (Lipinski definition) is 2. The number of fused-ring (bicyclic) bond motifs is 1. The van der Waals surface area contributed by atoms with Crippen molar-refractivity contribution in [3.63, 3.8) is 0 Å². The van der Waals surface area contributed by atoms with Crippen molar-refractivity contribution in [2.75, 3.05) is 18.5 Å². The lowest BCUT2D eigenvalue weighted by Gasteiger charge is -2.15. The quantitative estimate of drug-likeness (QED) is 0.853. The number of aryl methyl sites for hydroxylation is 1. The monoisotopic (exact) mass is 262 g/mol. The van der Waals surface area contributed by atoms with E-state index in [2.05, 4.69) is 15.4 Å². The summed E-state index contributed by atoms with van der Waals surface area (Å²) in [4.78, 5) is 15.5. The van der Waals surface area contributed by atoms with Gasteiger partial charge in [0.15, 0.2) is 5.65 Å². The van der Waals surface area contributed by atoms with Crippen LogP contribution in [0.4, 0.5) is 5.69 Å². The number of nitrogens with one attached hydrogen (secondary N) is 1. The molecule has 3 heterocycles. The van der Waals surface area contributed by atoms with Crippen LogP contribution in [0, 0.1) is 0 Å². The number of anilines is 1. The summed E-state index contributed by atoms with van der Waals surface area (Å²) < 4.78 is 6.92. The van der Waals surface area contributed by atoms with Gasteiger partial charge in [-0.3, -0.25) is 4.68 Å². The number of aromatic carboxylic acids is 1. The molecule has 100 valence electrons. The minimum absolute atomic E-state index is 0.129. The van der Waals surface area contributed by atoms with E-state index in [-0.39, 0.29) is 11.6 Å². The number of rotatable bonds is 3. The SMILES string of the molecule is Cn1ncc2c(NC3CCOC3)c(C(=O)O)cnc21. The lowest BCUT2D eigenvalue weighted by Crippen LogP contribution is -2.21. The van der Waals surface area contributed by atoms with Gasteiger partial charge in [0.1, 0.15) is 5.56 Å². The fourth-order valence-corrected chi connectivity index (χ4v) is 2.27. The number of nitrogens with zero attached hydrogens (tertiary/aromatic N) is 3. The molecular formula is C12H14N4O3. The van der Waals surface area contributed by atoms with E-state index < -0.39 is 5.97 Å². The molecule has 1 aliphatic heterocycles. The Bertz CT molecular complexity index is 631. The van der Waals surface area contributed by atoms with Crippen molar-refractivity contribution >= 4 is 22.7 Å². The summed E-state index contributed by atoms with van der Waals surface area (Å²) in [5.74, 6) is -1.00. The maximum atomic E-state index is 11.3. The van der Waals surface area contributed by atoms with Crippen LogP contribution >= 0.6 is 0 Å². The average Bonchev–Trinajstić information content (AvgIpc) is 3.00. The maximum absolute atomic E-state index is 11.3. The largest absolute Gasteiger partial charge is 0.478 e. The molecule has 0 aliphatic carbocycles. The molecule has 19 heavy (non-hydrogen) atoms. The van der Waals surface area contributed by atoms with E-state index in [1.807, 2.05) is 0 Å². The molecule has 1 unspecified atom stereocenters. The predicted molar refractivity (Wildman–Crippen MR) is 68.3 cm³/mol. The lowest BCUT2D eigenvalue weighted by molar-refractivity contribution is 0.0697.